The van der Waals surface area contributed by atoms with Crippen molar-refractivity contribution in [3.05, 3.63) is 33.8 Å². The predicted molar refractivity (Wildman–Crippen MR) is 63.2 cm³/mol. The van der Waals surface area contributed by atoms with Crippen molar-refractivity contribution in [2.45, 2.75) is 6.42 Å². The number of halogens is 1. The molecule has 74 valence electrons. The molecule has 1 aromatic rings. The summed E-state index contributed by atoms with van der Waals surface area (Å²) in [6.07, 6.45) is 6.66. The van der Waals surface area contributed by atoms with Crippen molar-refractivity contribution in [2.24, 2.45) is 0 Å². The van der Waals surface area contributed by atoms with Crippen LogP contribution in [0.3, 0.4) is 0 Å². The number of pyridine rings is 1. The van der Waals surface area contributed by atoms with Crippen LogP contribution in [0.2, 0.25) is 0 Å². The third-order valence-electron chi connectivity index (χ3n) is 2.00. The van der Waals surface area contributed by atoms with Crippen LogP contribution in [0, 0.1) is 3.57 Å². The van der Waals surface area contributed by atoms with E-state index in [1.807, 2.05) is 18.5 Å². The Labute approximate surface area is 96.7 Å². The van der Waals surface area contributed by atoms with Crippen LogP contribution in [-0.4, -0.2) is 18.1 Å². The van der Waals surface area contributed by atoms with E-state index >= 15 is 0 Å². The van der Waals surface area contributed by atoms with E-state index in [9.17, 15) is 0 Å². The fourth-order valence-electron chi connectivity index (χ4n) is 1.28. The average Bonchev–Trinajstić information content (AvgIpc) is 2.67. The van der Waals surface area contributed by atoms with Gasteiger partial charge in [-0.3, -0.25) is 4.98 Å². The highest BCUT2D eigenvalue weighted by Crippen LogP contribution is 2.14. The summed E-state index contributed by atoms with van der Waals surface area (Å²) in [6.45, 7) is 1.69. The van der Waals surface area contributed by atoms with Crippen molar-refractivity contribution in [2.75, 3.05) is 13.2 Å². The van der Waals surface area contributed by atoms with Gasteiger partial charge < -0.3 is 10.1 Å². The summed E-state index contributed by atoms with van der Waals surface area (Å²) in [6, 6.07) is 1.98. The van der Waals surface area contributed by atoms with Crippen LogP contribution in [0.1, 0.15) is 6.42 Å². The van der Waals surface area contributed by atoms with Crippen LogP contribution in [0.4, 0.5) is 0 Å². The van der Waals surface area contributed by atoms with Crippen LogP contribution in [0.5, 0.6) is 5.75 Å². The van der Waals surface area contributed by atoms with E-state index in [0.717, 1.165) is 22.3 Å². The second kappa shape index (κ2) is 4.63. The molecule has 2 rings (SSSR count). The molecule has 0 saturated heterocycles. The summed E-state index contributed by atoms with van der Waals surface area (Å²) in [7, 11) is 0. The molecule has 1 N–H and O–H groups in total. The Morgan fingerprint density at radius 1 is 1.50 bits per heavy atom. The maximum absolute atomic E-state index is 5.60. The largest absolute Gasteiger partial charge is 0.488 e. The molecule has 0 fully saturated rings. The lowest BCUT2D eigenvalue weighted by molar-refractivity contribution is 0.348. The van der Waals surface area contributed by atoms with E-state index < -0.39 is 0 Å². The molecule has 0 radical (unpaired) electrons. The van der Waals surface area contributed by atoms with Gasteiger partial charge in [-0.15, -0.1) is 0 Å². The predicted octanol–water partition coefficient (Wildman–Crippen LogP) is 1.94. The number of hydrogen-bond donors (Lipinski definition) is 1. The molecule has 0 spiro atoms. The highest BCUT2D eigenvalue weighted by molar-refractivity contribution is 14.1. The van der Waals surface area contributed by atoms with E-state index in [1.54, 1.807) is 6.20 Å². The van der Waals surface area contributed by atoms with Gasteiger partial charge in [0.1, 0.15) is 12.4 Å². The second-order valence-corrected chi connectivity index (χ2v) is 4.38. The Bertz CT molecular complexity index is 352. The first kappa shape index (κ1) is 9.76. The first-order valence-electron chi connectivity index (χ1n) is 4.49. The van der Waals surface area contributed by atoms with Gasteiger partial charge in [0, 0.05) is 16.3 Å². The van der Waals surface area contributed by atoms with Crippen LogP contribution < -0.4 is 10.1 Å². The third kappa shape index (κ3) is 2.60. The molecular formula is C10H11IN2O. The quantitative estimate of drug-likeness (QED) is 0.867. The molecule has 0 bridgehead atoms. The summed E-state index contributed by atoms with van der Waals surface area (Å²) < 4.78 is 6.69. The summed E-state index contributed by atoms with van der Waals surface area (Å²) >= 11 is 2.22. The van der Waals surface area contributed by atoms with E-state index in [4.69, 9.17) is 4.74 Å². The summed E-state index contributed by atoms with van der Waals surface area (Å²) in [4.78, 5) is 4.06. The van der Waals surface area contributed by atoms with Crippen LogP contribution in [0.25, 0.3) is 0 Å². The van der Waals surface area contributed by atoms with Crippen LogP contribution in [-0.2, 0) is 0 Å². The molecule has 0 aromatic carbocycles. The standard InChI is InChI=1S/C10H11IN2O/c11-9-3-10(6-13-5-9)14-7-8-1-2-12-4-8/h3-6,12H,1-2,7H2. The molecule has 0 aliphatic carbocycles. The summed E-state index contributed by atoms with van der Waals surface area (Å²) in [5.74, 6) is 0.838. The maximum atomic E-state index is 5.60. The lowest BCUT2D eigenvalue weighted by Crippen LogP contribution is -2.00. The average molecular weight is 302 g/mol. The SMILES string of the molecule is Ic1cncc(OCC2=CNCC2)c1. The van der Waals surface area contributed by atoms with Gasteiger partial charge in [-0.25, -0.2) is 0 Å². The van der Waals surface area contributed by atoms with Gasteiger partial charge in [-0.1, -0.05) is 0 Å². The number of aromatic nitrogens is 1. The van der Waals surface area contributed by atoms with E-state index in [1.165, 1.54) is 5.57 Å². The van der Waals surface area contributed by atoms with Gasteiger partial charge in [0.15, 0.2) is 0 Å². The number of nitrogens with zero attached hydrogens (tertiary/aromatic N) is 1. The first-order chi connectivity index (χ1) is 6.84. The molecule has 0 atom stereocenters. The number of hydrogen-bond acceptors (Lipinski definition) is 3. The first-order valence-corrected chi connectivity index (χ1v) is 5.57. The molecule has 2 heterocycles. The molecule has 0 amide bonds. The Morgan fingerprint density at radius 2 is 2.43 bits per heavy atom. The lowest BCUT2D eigenvalue weighted by Gasteiger charge is -2.05. The highest BCUT2D eigenvalue weighted by atomic mass is 127. The maximum Gasteiger partial charge on any atom is 0.139 e. The number of nitrogens with one attached hydrogen (secondary N) is 1. The Balaban J connectivity index is 1.91. The molecule has 0 saturated carbocycles. The molecule has 0 unspecified atom stereocenters. The van der Waals surface area contributed by atoms with E-state index in [2.05, 4.69) is 32.9 Å². The fourth-order valence-corrected chi connectivity index (χ4v) is 1.75. The minimum atomic E-state index is 0.661. The summed E-state index contributed by atoms with van der Waals surface area (Å²) in [5.41, 5.74) is 1.31. The molecule has 4 heteroatoms. The van der Waals surface area contributed by atoms with Gasteiger partial charge in [-0.2, -0.15) is 0 Å². The zero-order chi connectivity index (χ0) is 9.80. The third-order valence-corrected chi connectivity index (χ3v) is 2.59. The lowest BCUT2D eigenvalue weighted by atomic mass is 10.2. The number of rotatable bonds is 3. The Hall–Kier alpha value is -0.780. The minimum absolute atomic E-state index is 0.661. The molecule has 1 aliphatic rings. The van der Waals surface area contributed by atoms with Crippen LogP contribution in [0.15, 0.2) is 30.2 Å². The normalized spacial score (nSPS) is 14.8. The minimum Gasteiger partial charge on any atom is -0.488 e. The van der Waals surface area contributed by atoms with Gasteiger partial charge in [-0.05, 0) is 46.9 Å². The van der Waals surface area contributed by atoms with E-state index in [-0.39, 0.29) is 0 Å². The van der Waals surface area contributed by atoms with Crippen molar-refractivity contribution in [3.63, 3.8) is 0 Å². The van der Waals surface area contributed by atoms with Gasteiger partial charge in [0.2, 0.25) is 0 Å². The van der Waals surface area contributed by atoms with Gasteiger partial charge in [0.05, 0.1) is 6.20 Å². The topological polar surface area (TPSA) is 34.1 Å². The molecule has 1 aliphatic heterocycles. The monoisotopic (exact) mass is 302 g/mol. The second-order valence-electron chi connectivity index (χ2n) is 3.13. The fraction of sp³-hybridized carbons (Fsp3) is 0.300. The summed E-state index contributed by atoms with van der Waals surface area (Å²) in [5, 5.41) is 3.16. The number of ether oxygens (including phenoxy) is 1. The van der Waals surface area contributed by atoms with Crippen molar-refractivity contribution in [3.8, 4) is 5.75 Å². The Kier molecular flexibility index (Phi) is 3.23. The molecule has 3 nitrogen and oxygen atoms in total. The Morgan fingerprint density at radius 3 is 3.14 bits per heavy atom. The van der Waals surface area contributed by atoms with Crippen LogP contribution >= 0.6 is 22.6 Å². The van der Waals surface area contributed by atoms with Gasteiger partial charge in [0.25, 0.3) is 0 Å². The van der Waals surface area contributed by atoms with Gasteiger partial charge >= 0.3 is 0 Å². The van der Waals surface area contributed by atoms with Crippen molar-refractivity contribution in [1.82, 2.24) is 10.3 Å². The van der Waals surface area contributed by atoms with Crippen molar-refractivity contribution in [1.29, 1.82) is 0 Å². The zero-order valence-corrected chi connectivity index (χ0v) is 9.82. The van der Waals surface area contributed by atoms with Crippen molar-refractivity contribution < 1.29 is 4.74 Å². The zero-order valence-electron chi connectivity index (χ0n) is 7.66. The van der Waals surface area contributed by atoms with E-state index in [0.29, 0.717) is 6.61 Å². The smallest absolute Gasteiger partial charge is 0.139 e. The molecule has 14 heavy (non-hydrogen) atoms. The molecular weight excluding hydrogens is 291 g/mol. The highest BCUT2D eigenvalue weighted by Gasteiger charge is 2.04. The molecule has 1 aromatic heterocycles. The van der Waals surface area contributed by atoms with Crippen molar-refractivity contribution >= 4 is 22.6 Å².